The maximum absolute atomic E-state index is 10.0. The van der Waals surface area contributed by atoms with Crippen LogP contribution in [0.5, 0.6) is 17.2 Å². The van der Waals surface area contributed by atoms with Gasteiger partial charge in [0.25, 0.3) is 0 Å². The van der Waals surface area contributed by atoms with Crippen LogP contribution in [0.2, 0.25) is 5.02 Å². The van der Waals surface area contributed by atoms with Crippen LogP contribution in [-0.2, 0) is 13.1 Å². The summed E-state index contributed by atoms with van der Waals surface area (Å²) in [6.45, 7) is 3.90. The molecule has 0 saturated heterocycles. The maximum atomic E-state index is 10.0. The van der Waals surface area contributed by atoms with Crippen molar-refractivity contribution in [3.63, 3.8) is 0 Å². The molecular formula is C20H27ClIN3O3. The van der Waals surface area contributed by atoms with E-state index in [-0.39, 0.29) is 29.7 Å². The number of nitrogens with zero attached hydrogens (tertiary/aromatic N) is 2. The number of phenols is 1. The standard InChI is InChI=1S/C20H26ClN3O3.HI/c1-5-22-20(24(2)13-14-6-8-16(21)9-7-14)23-12-15-10-17(26-3)19(25)18(11-15)27-4;/h6-11,25H,5,12-13H2,1-4H3,(H,22,23);1H. The molecule has 2 aromatic rings. The summed E-state index contributed by atoms with van der Waals surface area (Å²) in [5, 5.41) is 14.0. The summed E-state index contributed by atoms with van der Waals surface area (Å²) in [5.74, 6) is 1.48. The fraction of sp³-hybridized carbons (Fsp3) is 0.350. The Labute approximate surface area is 188 Å². The van der Waals surface area contributed by atoms with Crippen molar-refractivity contribution in [1.82, 2.24) is 10.2 Å². The van der Waals surface area contributed by atoms with E-state index in [1.54, 1.807) is 12.1 Å². The molecule has 0 radical (unpaired) electrons. The molecule has 0 amide bonds. The molecular weight excluding hydrogens is 493 g/mol. The van der Waals surface area contributed by atoms with Crippen molar-refractivity contribution in [1.29, 1.82) is 0 Å². The molecule has 0 aliphatic carbocycles. The molecule has 2 aromatic carbocycles. The Hall–Kier alpha value is -1.87. The summed E-state index contributed by atoms with van der Waals surface area (Å²) in [4.78, 5) is 6.73. The average molecular weight is 520 g/mol. The van der Waals surface area contributed by atoms with E-state index in [2.05, 4.69) is 5.32 Å². The van der Waals surface area contributed by atoms with Crippen LogP contribution in [0.3, 0.4) is 0 Å². The van der Waals surface area contributed by atoms with Gasteiger partial charge in [-0.15, -0.1) is 24.0 Å². The molecule has 0 spiro atoms. The first-order valence-corrected chi connectivity index (χ1v) is 9.04. The summed E-state index contributed by atoms with van der Waals surface area (Å²) >= 11 is 5.95. The smallest absolute Gasteiger partial charge is 0.200 e. The average Bonchev–Trinajstić information content (AvgIpc) is 2.67. The van der Waals surface area contributed by atoms with E-state index in [0.29, 0.717) is 24.6 Å². The predicted molar refractivity (Wildman–Crippen MR) is 124 cm³/mol. The van der Waals surface area contributed by atoms with E-state index in [1.165, 1.54) is 14.2 Å². The number of hydrogen-bond acceptors (Lipinski definition) is 4. The zero-order valence-corrected chi connectivity index (χ0v) is 19.6. The van der Waals surface area contributed by atoms with Crippen molar-refractivity contribution >= 4 is 41.5 Å². The molecule has 0 bridgehead atoms. The number of rotatable bonds is 7. The Morgan fingerprint density at radius 3 is 2.18 bits per heavy atom. The van der Waals surface area contributed by atoms with Gasteiger partial charge in [-0.05, 0) is 42.3 Å². The number of methoxy groups -OCH3 is 2. The molecule has 0 aliphatic heterocycles. The molecule has 0 aliphatic rings. The lowest BCUT2D eigenvalue weighted by Crippen LogP contribution is -2.38. The van der Waals surface area contributed by atoms with E-state index in [4.69, 9.17) is 26.1 Å². The predicted octanol–water partition coefficient (Wildman–Crippen LogP) is 4.28. The van der Waals surface area contributed by atoms with Gasteiger partial charge in [-0.25, -0.2) is 4.99 Å². The highest BCUT2D eigenvalue weighted by Crippen LogP contribution is 2.37. The summed E-state index contributed by atoms with van der Waals surface area (Å²) in [7, 11) is 4.99. The minimum Gasteiger partial charge on any atom is -0.502 e. The van der Waals surface area contributed by atoms with Gasteiger partial charge < -0.3 is 24.8 Å². The fourth-order valence-corrected chi connectivity index (χ4v) is 2.74. The fourth-order valence-electron chi connectivity index (χ4n) is 2.61. The number of aliphatic imine (C=N–C) groups is 1. The molecule has 0 atom stereocenters. The van der Waals surface area contributed by atoms with E-state index < -0.39 is 0 Å². The normalized spacial score (nSPS) is 10.8. The molecule has 0 heterocycles. The summed E-state index contributed by atoms with van der Waals surface area (Å²) in [6.07, 6.45) is 0. The Bertz CT molecular complexity index is 760. The van der Waals surface area contributed by atoms with Gasteiger partial charge >= 0.3 is 0 Å². The first-order valence-electron chi connectivity index (χ1n) is 8.66. The molecule has 2 rings (SSSR count). The van der Waals surface area contributed by atoms with Gasteiger partial charge in [0.1, 0.15) is 0 Å². The quantitative estimate of drug-likeness (QED) is 0.325. The first kappa shape index (κ1) is 24.2. The Balaban J connectivity index is 0.00000392. The van der Waals surface area contributed by atoms with Gasteiger partial charge in [0.2, 0.25) is 5.75 Å². The Kier molecular flexibility index (Phi) is 10.2. The van der Waals surface area contributed by atoms with Crippen molar-refractivity contribution in [2.75, 3.05) is 27.8 Å². The van der Waals surface area contributed by atoms with Gasteiger partial charge in [-0.3, -0.25) is 0 Å². The van der Waals surface area contributed by atoms with Crippen LogP contribution in [0.4, 0.5) is 0 Å². The highest BCUT2D eigenvalue weighted by molar-refractivity contribution is 14.0. The van der Waals surface area contributed by atoms with Crippen molar-refractivity contribution in [3.05, 3.63) is 52.5 Å². The van der Waals surface area contributed by atoms with E-state index in [0.717, 1.165) is 28.7 Å². The minimum atomic E-state index is -0.0144. The second-order valence-corrected chi connectivity index (χ2v) is 6.44. The second kappa shape index (κ2) is 11.9. The molecule has 0 fully saturated rings. The molecule has 2 N–H and O–H groups in total. The topological polar surface area (TPSA) is 66.3 Å². The SMILES string of the molecule is CCNC(=NCc1cc(OC)c(O)c(OC)c1)N(C)Cc1ccc(Cl)cc1.I. The number of nitrogens with one attached hydrogen (secondary N) is 1. The van der Waals surface area contributed by atoms with Crippen molar-refractivity contribution in [2.24, 2.45) is 4.99 Å². The van der Waals surface area contributed by atoms with Gasteiger partial charge in [-0.2, -0.15) is 0 Å². The third kappa shape index (κ3) is 6.63. The van der Waals surface area contributed by atoms with Crippen molar-refractivity contribution in [2.45, 2.75) is 20.0 Å². The molecule has 154 valence electrons. The molecule has 28 heavy (non-hydrogen) atoms. The highest BCUT2D eigenvalue weighted by atomic mass is 127. The number of ether oxygens (including phenoxy) is 2. The first-order chi connectivity index (χ1) is 13.0. The van der Waals surface area contributed by atoms with Crippen LogP contribution in [0.1, 0.15) is 18.1 Å². The second-order valence-electron chi connectivity index (χ2n) is 6.00. The largest absolute Gasteiger partial charge is 0.502 e. The monoisotopic (exact) mass is 519 g/mol. The minimum absolute atomic E-state index is 0. The summed E-state index contributed by atoms with van der Waals surface area (Å²) < 4.78 is 10.4. The molecule has 0 unspecified atom stereocenters. The molecule has 6 nitrogen and oxygen atoms in total. The number of guanidine groups is 1. The van der Waals surface area contributed by atoms with Gasteiger partial charge in [0.15, 0.2) is 17.5 Å². The lowest BCUT2D eigenvalue weighted by molar-refractivity contribution is 0.339. The van der Waals surface area contributed by atoms with Crippen molar-refractivity contribution in [3.8, 4) is 17.2 Å². The van der Waals surface area contributed by atoms with Crippen LogP contribution in [0, 0.1) is 0 Å². The third-order valence-electron chi connectivity index (χ3n) is 3.98. The maximum Gasteiger partial charge on any atom is 0.200 e. The summed E-state index contributed by atoms with van der Waals surface area (Å²) in [6, 6.07) is 11.3. The van der Waals surface area contributed by atoms with Crippen LogP contribution in [-0.4, -0.2) is 43.8 Å². The number of hydrogen-bond donors (Lipinski definition) is 2. The van der Waals surface area contributed by atoms with Gasteiger partial charge in [0.05, 0.1) is 20.8 Å². The zero-order chi connectivity index (χ0) is 19.8. The number of phenolic OH excluding ortho intramolecular Hbond substituents is 1. The third-order valence-corrected chi connectivity index (χ3v) is 4.23. The van der Waals surface area contributed by atoms with Crippen LogP contribution in [0.15, 0.2) is 41.4 Å². The van der Waals surface area contributed by atoms with Crippen molar-refractivity contribution < 1.29 is 14.6 Å². The zero-order valence-electron chi connectivity index (χ0n) is 16.5. The number of aromatic hydroxyl groups is 1. The Morgan fingerprint density at radius 2 is 1.68 bits per heavy atom. The van der Waals surface area contributed by atoms with Crippen LogP contribution >= 0.6 is 35.6 Å². The lowest BCUT2D eigenvalue weighted by atomic mass is 10.2. The number of benzene rings is 2. The van der Waals surface area contributed by atoms with Gasteiger partial charge in [-0.1, -0.05) is 23.7 Å². The van der Waals surface area contributed by atoms with Crippen LogP contribution in [0.25, 0.3) is 0 Å². The Morgan fingerprint density at radius 1 is 1.11 bits per heavy atom. The van der Waals surface area contributed by atoms with E-state index in [1.807, 2.05) is 43.1 Å². The summed E-state index contributed by atoms with van der Waals surface area (Å²) in [5.41, 5.74) is 2.01. The lowest BCUT2D eigenvalue weighted by Gasteiger charge is -2.22. The van der Waals surface area contributed by atoms with Gasteiger partial charge in [0, 0.05) is 25.2 Å². The van der Waals surface area contributed by atoms with Crippen LogP contribution < -0.4 is 14.8 Å². The highest BCUT2D eigenvalue weighted by Gasteiger charge is 2.12. The molecule has 8 heteroatoms. The van der Waals surface area contributed by atoms with E-state index in [9.17, 15) is 5.11 Å². The number of halogens is 2. The molecule has 0 saturated carbocycles. The molecule has 0 aromatic heterocycles. The van der Waals surface area contributed by atoms with E-state index >= 15 is 0 Å².